The van der Waals surface area contributed by atoms with Crippen LogP contribution in [0.25, 0.3) is 0 Å². The fraction of sp³-hybridized carbons (Fsp3) is 0.778. The van der Waals surface area contributed by atoms with E-state index < -0.39 is 0 Å². The van der Waals surface area contributed by atoms with Crippen LogP contribution in [0.4, 0.5) is 0 Å². The highest BCUT2D eigenvalue weighted by molar-refractivity contribution is 6.12. The molecule has 0 aromatic carbocycles. The van der Waals surface area contributed by atoms with Gasteiger partial charge >= 0.3 is 0 Å². The van der Waals surface area contributed by atoms with Crippen molar-refractivity contribution in [3.63, 3.8) is 0 Å². The van der Waals surface area contributed by atoms with Gasteiger partial charge < -0.3 is 24.1 Å². The van der Waals surface area contributed by atoms with Gasteiger partial charge in [0.25, 0.3) is 11.8 Å². The van der Waals surface area contributed by atoms with Crippen LogP contribution in [0.5, 0.6) is 0 Å². The molecule has 0 aromatic heterocycles. The summed E-state index contributed by atoms with van der Waals surface area (Å²) >= 11 is 0. The highest BCUT2D eigenvalue weighted by atomic mass is 16.7. The highest BCUT2D eigenvalue weighted by Crippen LogP contribution is 2.10. The van der Waals surface area contributed by atoms with Crippen LogP contribution in [0.3, 0.4) is 0 Å². The molecule has 8 nitrogen and oxygen atoms in total. The normalized spacial score (nSPS) is 15.5. The minimum Gasteiger partial charge on any atom is -0.393 e. The van der Waals surface area contributed by atoms with Crippen LogP contribution in [0.2, 0.25) is 0 Å². The Bertz CT molecular complexity index is 419. The highest BCUT2D eigenvalue weighted by Gasteiger charge is 2.22. The molecule has 1 N–H and O–H groups in total. The van der Waals surface area contributed by atoms with E-state index in [0.717, 1.165) is 30.6 Å². The number of aliphatic hydroxyl groups is 1. The molecule has 0 aromatic rings. The van der Waals surface area contributed by atoms with Crippen molar-refractivity contribution in [2.45, 2.75) is 44.5 Å². The lowest BCUT2D eigenvalue weighted by Gasteiger charge is -2.15. The first-order valence-corrected chi connectivity index (χ1v) is 9.01. The maximum absolute atomic E-state index is 11.3. The van der Waals surface area contributed by atoms with Gasteiger partial charge in [-0.25, -0.2) is 0 Å². The van der Waals surface area contributed by atoms with E-state index in [1.807, 2.05) is 0 Å². The molecule has 1 aliphatic rings. The molecule has 1 unspecified atom stereocenters. The zero-order chi connectivity index (χ0) is 19.2. The molecule has 1 rings (SSSR count). The van der Waals surface area contributed by atoms with Crippen molar-refractivity contribution in [2.24, 2.45) is 0 Å². The second-order valence-corrected chi connectivity index (χ2v) is 6.01. The fourth-order valence-corrected chi connectivity index (χ4v) is 2.55. The van der Waals surface area contributed by atoms with Gasteiger partial charge in [-0.15, -0.1) is 0 Å². The smallest absolute Gasteiger partial charge is 0.253 e. The maximum Gasteiger partial charge on any atom is 0.253 e. The third kappa shape index (κ3) is 9.40. The lowest BCUT2D eigenvalue weighted by atomic mass is 10.1. The van der Waals surface area contributed by atoms with Crippen molar-refractivity contribution in [3.8, 4) is 0 Å². The van der Waals surface area contributed by atoms with Gasteiger partial charge in [0.2, 0.25) is 0 Å². The third-order valence-electron chi connectivity index (χ3n) is 4.06. The van der Waals surface area contributed by atoms with Crippen molar-refractivity contribution < 1.29 is 33.6 Å². The molecule has 1 aliphatic heterocycles. The summed E-state index contributed by atoms with van der Waals surface area (Å²) in [6.45, 7) is 1.96. The molecule has 26 heavy (non-hydrogen) atoms. The summed E-state index contributed by atoms with van der Waals surface area (Å²) in [5.41, 5.74) is 0. The number of carbonyl (C=O) groups excluding carboxylic acids is 2. The number of nitrogens with zero attached hydrogens (tertiary/aromatic N) is 1. The minimum atomic E-state index is -0.339. The van der Waals surface area contributed by atoms with Crippen molar-refractivity contribution >= 4 is 11.8 Å². The Hall–Kier alpha value is -1.32. The van der Waals surface area contributed by atoms with Crippen LogP contribution in [0.15, 0.2) is 12.2 Å². The summed E-state index contributed by atoms with van der Waals surface area (Å²) in [5, 5.41) is 9.90. The second kappa shape index (κ2) is 13.8. The number of hydrogen-bond donors (Lipinski definition) is 1. The number of amides is 2. The summed E-state index contributed by atoms with van der Waals surface area (Å²) in [5.74, 6) is -0.596. The standard InChI is InChI=1S/C18H31NO7/c1-23-18(24-2)7-3-5-15(20)6-4-11-25-13-14-26-12-10-19-16(21)8-9-17(19)22/h8-9,15,18,20H,3-7,10-14H2,1-2H3. The van der Waals surface area contributed by atoms with Crippen LogP contribution in [0.1, 0.15) is 32.1 Å². The van der Waals surface area contributed by atoms with Crippen molar-refractivity contribution in [1.82, 2.24) is 4.90 Å². The average molecular weight is 373 g/mol. The number of methoxy groups -OCH3 is 2. The van der Waals surface area contributed by atoms with Gasteiger partial charge in [0.15, 0.2) is 6.29 Å². The van der Waals surface area contributed by atoms with Crippen molar-refractivity contribution in [2.75, 3.05) is 47.2 Å². The number of hydrogen-bond acceptors (Lipinski definition) is 7. The van der Waals surface area contributed by atoms with Gasteiger partial charge in [-0.2, -0.15) is 0 Å². The van der Waals surface area contributed by atoms with Gasteiger partial charge in [-0.05, 0) is 32.1 Å². The van der Waals surface area contributed by atoms with Gasteiger partial charge in [-0.3, -0.25) is 14.5 Å². The Kier molecular flexibility index (Phi) is 12.1. The number of rotatable bonds is 16. The lowest BCUT2D eigenvalue weighted by Crippen LogP contribution is -2.33. The van der Waals surface area contributed by atoms with E-state index in [1.165, 1.54) is 12.2 Å². The van der Waals surface area contributed by atoms with Crippen LogP contribution in [0, 0.1) is 0 Å². The van der Waals surface area contributed by atoms with E-state index >= 15 is 0 Å². The summed E-state index contributed by atoms with van der Waals surface area (Å²) in [6.07, 6.45) is 5.77. The zero-order valence-electron chi connectivity index (χ0n) is 15.7. The predicted octanol–water partition coefficient (Wildman–Crippen LogP) is 0.875. The number of aliphatic hydroxyl groups excluding tert-OH is 1. The first-order valence-electron chi connectivity index (χ1n) is 9.01. The molecule has 0 saturated heterocycles. The van der Waals surface area contributed by atoms with E-state index in [9.17, 15) is 14.7 Å². The summed E-state index contributed by atoms with van der Waals surface area (Å²) in [6, 6.07) is 0. The fourth-order valence-electron chi connectivity index (χ4n) is 2.55. The van der Waals surface area contributed by atoms with E-state index in [-0.39, 0.29) is 30.8 Å². The van der Waals surface area contributed by atoms with Crippen LogP contribution < -0.4 is 0 Å². The Morgan fingerprint density at radius 2 is 1.46 bits per heavy atom. The third-order valence-corrected chi connectivity index (χ3v) is 4.06. The SMILES string of the molecule is COC(CCCC(O)CCCOCCOCCN1C(=O)C=CC1=O)OC. The molecule has 0 aliphatic carbocycles. The van der Waals surface area contributed by atoms with E-state index in [2.05, 4.69) is 0 Å². The Balaban J connectivity index is 1.87. The first kappa shape index (κ1) is 22.7. The van der Waals surface area contributed by atoms with E-state index in [4.69, 9.17) is 18.9 Å². The maximum atomic E-state index is 11.3. The Morgan fingerprint density at radius 3 is 2.08 bits per heavy atom. The molecule has 8 heteroatoms. The van der Waals surface area contributed by atoms with Gasteiger partial charge in [0.1, 0.15) is 0 Å². The summed E-state index contributed by atoms with van der Waals surface area (Å²) < 4.78 is 21.0. The second-order valence-electron chi connectivity index (χ2n) is 6.01. The molecule has 0 saturated carbocycles. The molecule has 0 radical (unpaired) electrons. The monoisotopic (exact) mass is 373 g/mol. The zero-order valence-corrected chi connectivity index (χ0v) is 15.7. The number of imide groups is 1. The first-order chi connectivity index (χ1) is 12.6. The topological polar surface area (TPSA) is 94.5 Å². The quantitative estimate of drug-likeness (QED) is 0.244. The molecule has 0 fully saturated rings. The van der Waals surface area contributed by atoms with Gasteiger partial charge in [0, 0.05) is 33.0 Å². The lowest BCUT2D eigenvalue weighted by molar-refractivity contribution is -0.137. The number of carbonyl (C=O) groups is 2. The van der Waals surface area contributed by atoms with Gasteiger partial charge in [-0.1, -0.05) is 0 Å². The summed E-state index contributed by atoms with van der Waals surface area (Å²) in [4.78, 5) is 23.8. The molecular formula is C18H31NO7. The molecule has 0 bridgehead atoms. The van der Waals surface area contributed by atoms with E-state index in [1.54, 1.807) is 14.2 Å². The molecule has 150 valence electrons. The van der Waals surface area contributed by atoms with Crippen LogP contribution >= 0.6 is 0 Å². The average Bonchev–Trinajstić information content (AvgIpc) is 2.95. The Labute approximate surface area is 155 Å². The predicted molar refractivity (Wildman–Crippen MR) is 94.4 cm³/mol. The van der Waals surface area contributed by atoms with Crippen molar-refractivity contribution in [1.29, 1.82) is 0 Å². The molecule has 0 spiro atoms. The molecule has 2 amide bonds. The summed E-state index contributed by atoms with van der Waals surface area (Å²) in [7, 11) is 3.21. The van der Waals surface area contributed by atoms with Crippen LogP contribution in [-0.4, -0.2) is 81.4 Å². The van der Waals surface area contributed by atoms with Gasteiger partial charge in [0.05, 0.1) is 32.5 Å². The molecular weight excluding hydrogens is 342 g/mol. The minimum absolute atomic E-state index is 0.205. The molecule has 1 atom stereocenters. The molecule has 1 heterocycles. The van der Waals surface area contributed by atoms with Crippen LogP contribution in [-0.2, 0) is 28.5 Å². The van der Waals surface area contributed by atoms with Crippen molar-refractivity contribution in [3.05, 3.63) is 12.2 Å². The Morgan fingerprint density at radius 1 is 0.885 bits per heavy atom. The van der Waals surface area contributed by atoms with E-state index in [0.29, 0.717) is 32.8 Å². The largest absolute Gasteiger partial charge is 0.393 e. The number of ether oxygens (including phenoxy) is 4.